The Balaban J connectivity index is 2.64. The molecule has 0 saturated carbocycles. The lowest BCUT2D eigenvalue weighted by Crippen LogP contribution is -1.91. The van der Waals surface area contributed by atoms with Crippen LogP contribution < -0.4 is 10.5 Å². The Labute approximate surface area is 74.2 Å². The molecule has 0 spiro atoms. The maximum absolute atomic E-state index is 5.93. The van der Waals surface area contributed by atoms with E-state index < -0.39 is 0 Å². The van der Waals surface area contributed by atoms with Crippen molar-refractivity contribution in [3.8, 4) is 0 Å². The molecule has 2 rings (SSSR count). The van der Waals surface area contributed by atoms with Crippen molar-refractivity contribution in [3.63, 3.8) is 0 Å². The first-order valence-corrected chi connectivity index (χ1v) is 4.60. The van der Waals surface area contributed by atoms with E-state index in [1.165, 1.54) is 0 Å². The predicted molar refractivity (Wildman–Crippen MR) is 50.8 cm³/mol. The maximum Gasteiger partial charge on any atom is 0.0729 e. The van der Waals surface area contributed by atoms with Gasteiger partial charge < -0.3 is 10.5 Å². The fourth-order valence-electron chi connectivity index (χ4n) is 1.08. The standard InChI is InChI=1S/C7H7ClN2S/c8-5-1-2-6(9)7-4(5)3-11-10-7/h1-2,10H,3,9H2. The van der Waals surface area contributed by atoms with Crippen LogP contribution in [0.2, 0.25) is 5.02 Å². The zero-order valence-corrected chi connectivity index (χ0v) is 7.30. The van der Waals surface area contributed by atoms with Gasteiger partial charge in [-0.15, -0.1) is 0 Å². The van der Waals surface area contributed by atoms with Gasteiger partial charge in [0.25, 0.3) is 0 Å². The maximum atomic E-state index is 5.93. The number of hydrogen-bond donors (Lipinski definition) is 2. The second-order valence-corrected chi connectivity index (χ2v) is 3.57. The van der Waals surface area contributed by atoms with Crippen molar-refractivity contribution in [3.05, 3.63) is 22.7 Å². The van der Waals surface area contributed by atoms with E-state index in [-0.39, 0.29) is 0 Å². The number of benzene rings is 1. The van der Waals surface area contributed by atoms with Crippen LogP contribution >= 0.6 is 23.5 Å². The van der Waals surface area contributed by atoms with E-state index in [0.29, 0.717) is 0 Å². The quantitative estimate of drug-likeness (QED) is 0.483. The minimum atomic E-state index is 0.773. The van der Waals surface area contributed by atoms with E-state index in [2.05, 4.69) is 4.72 Å². The van der Waals surface area contributed by atoms with Gasteiger partial charge in [0, 0.05) is 16.3 Å². The van der Waals surface area contributed by atoms with Gasteiger partial charge in [-0.1, -0.05) is 11.6 Å². The molecule has 0 aromatic heterocycles. The topological polar surface area (TPSA) is 38.0 Å². The van der Waals surface area contributed by atoms with Gasteiger partial charge in [0.1, 0.15) is 0 Å². The Morgan fingerprint density at radius 1 is 1.55 bits per heavy atom. The fraction of sp³-hybridized carbons (Fsp3) is 0.143. The number of rotatable bonds is 0. The summed E-state index contributed by atoms with van der Waals surface area (Å²) >= 11 is 7.55. The summed E-state index contributed by atoms with van der Waals surface area (Å²) in [5.41, 5.74) is 8.59. The smallest absolute Gasteiger partial charge is 0.0729 e. The van der Waals surface area contributed by atoms with Crippen LogP contribution in [0.4, 0.5) is 11.4 Å². The highest BCUT2D eigenvalue weighted by Gasteiger charge is 2.16. The zero-order valence-electron chi connectivity index (χ0n) is 5.73. The SMILES string of the molecule is Nc1ccc(Cl)c2c1NSC2. The first-order chi connectivity index (χ1) is 5.29. The van der Waals surface area contributed by atoms with Gasteiger partial charge in [0.05, 0.1) is 11.4 Å². The van der Waals surface area contributed by atoms with Crippen LogP contribution in [0.15, 0.2) is 12.1 Å². The van der Waals surface area contributed by atoms with Gasteiger partial charge in [0.15, 0.2) is 0 Å². The lowest BCUT2D eigenvalue weighted by Gasteiger charge is -2.03. The summed E-state index contributed by atoms with van der Waals surface area (Å²) in [6.07, 6.45) is 0. The molecule has 0 amide bonds. The Bertz CT molecular complexity index is 272. The number of anilines is 2. The fourth-order valence-corrected chi connectivity index (χ4v) is 2.29. The van der Waals surface area contributed by atoms with Crippen LogP contribution in [-0.4, -0.2) is 0 Å². The minimum Gasteiger partial charge on any atom is -0.397 e. The van der Waals surface area contributed by atoms with E-state index in [1.807, 2.05) is 12.1 Å². The van der Waals surface area contributed by atoms with E-state index in [1.54, 1.807) is 11.9 Å². The summed E-state index contributed by atoms with van der Waals surface area (Å²) < 4.78 is 3.12. The van der Waals surface area contributed by atoms with Crippen LogP contribution in [0.25, 0.3) is 0 Å². The molecule has 0 unspecified atom stereocenters. The molecule has 1 heterocycles. The Morgan fingerprint density at radius 3 is 3.09 bits per heavy atom. The third kappa shape index (κ3) is 1.04. The van der Waals surface area contributed by atoms with Crippen LogP contribution in [-0.2, 0) is 5.75 Å². The van der Waals surface area contributed by atoms with E-state index >= 15 is 0 Å². The molecule has 0 atom stereocenters. The summed E-state index contributed by atoms with van der Waals surface area (Å²) in [6.45, 7) is 0. The number of halogens is 1. The average molecular weight is 187 g/mol. The predicted octanol–water partition coefficient (Wildman–Crippen LogP) is 2.50. The lowest BCUT2D eigenvalue weighted by atomic mass is 10.2. The minimum absolute atomic E-state index is 0.773. The van der Waals surface area contributed by atoms with Crippen molar-refractivity contribution in [2.24, 2.45) is 0 Å². The molecule has 0 fully saturated rings. The normalized spacial score (nSPS) is 14.3. The zero-order chi connectivity index (χ0) is 7.84. The van der Waals surface area contributed by atoms with Gasteiger partial charge in [-0.25, -0.2) is 0 Å². The van der Waals surface area contributed by atoms with Crippen LogP contribution in [0, 0.1) is 0 Å². The van der Waals surface area contributed by atoms with Crippen molar-refractivity contribution in [2.45, 2.75) is 5.75 Å². The molecule has 1 aliphatic rings. The summed E-state index contributed by atoms with van der Waals surface area (Å²) in [4.78, 5) is 0. The molecular formula is C7H7ClN2S. The molecule has 0 radical (unpaired) electrons. The van der Waals surface area contributed by atoms with Crippen molar-refractivity contribution < 1.29 is 0 Å². The first kappa shape index (κ1) is 7.13. The molecule has 2 nitrogen and oxygen atoms in total. The number of hydrogen-bond acceptors (Lipinski definition) is 3. The van der Waals surface area contributed by atoms with Crippen molar-refractivity contribution in [2.75, 3.05) is 10.5 Å². The number of nitrogen functional groups attached to an aromatic ring is 1. The molecule has 1 aromatic rings. The van der Waals surface area contributed by atoms with E-state index in [0.717, 1.165) is 27.7 Å². The van der Waals surface area contributed by atoms with Crippen molar-refractivity contribution in [1.82, 2.24) is 0 Å². The van der Waals surface area contributed by atoms with E-state index in [4.69, 9.17) is 17.3 Å². The van der Waals surface area contributed by atoms with E-state index in [9.17, 15) is 0 Å². The molecule has 0 aliphatic carbocycles. The van der Waals surface area contributed by atoms with Gasteiger partial charge in [-0.3, -0.25) is 0 Å². The second-order valence-electron chi connectivity index (χ2n) is 2.38. The largest absolute Gasteiger partial charge is 0.397 e. The highest BCUT2D eigenvalue weighted by molar-refractivity contribution is 8.00. The van der Waals surface area contributed by atoms with Crippen LogP contribution in [0.1, 0.15) is 5.56 Å². The molecule has 11 heavy (non-hydrogen) atoms. The van der Waals surface area contributed by atoms with Gasteiger partial charge in [0.2, 0.25) is 0 Å². The third-order valence-electron chi connectivity index (χ3n) is 1.68. The number of nitrogens with one attached hydrogen (secondary N) is 1. The average Bonchev–Trinajstić information content (AvgIpc) is 2.45. The Morgan fingerprint density at radius 2 is 2.36 bits per heavy atom. The first-order valence-electron chi connectivity index (χ1n) is 3.23. The van der Waals surface area contributed by atoms with Crippen LogP contribution in [0.3, 0.4) is 0 Å². The molecular weight excluding hydrogens is 180 g/mol. The number of nitrogens with two attached hydrogens (primary N) is 1. The second kappa shape index (κ2) is 2.50. The Hall–Kier alpha value is -0.540. The monoisotopic (exact) mass is 186 g/mol. The Kier molecular flexibility index (Phi) is 1.62. The highest BCUT2D eigenvalue weighted by atomic mass is 35.5. The summed E-state index contributed by atoms with van der Waals surface area (Å²) in [6, 6.07) is 3.66. The summed E-state index contributed by atoms with van der Waals surface area (Å²) in [7, 11) is 0. The molecule has 1 aliphatic heterocycles. The van der Waals surface area contributed by atoms with Gasteiger partial charge in [-0.2, -0.15) is 0 Å². The van der Waals surface area contributed by atoms with Gasteiger partial charge >= 0.3 is 0 Å². The molecule has 0 saturated heterocycles. The molecule has 0 bridgehead atoms. The lowest BCUT2D eigenvalue weighted by molar-refractivity contribution is 1.46. The van der Waals surface area contributed by atoms with Crippen molar-refractivity contribution in [1.29, 1.82) is 0 Å². The highest BCUT2D eigenvalue weighted by Crippen LogP contribution is 2.39. The number of fused-ring (bicyclic) bond motifs is 1. The molecule has 58 valence electrons. The molecule has 3 N–H and O–H groups in total. The molecule has 1 aromatic carbocycles. The summed E-state index contributed by atoms with van der Waals surface area (Å²) in [5, 5.41) is 0.798. The molecule has 4 heteroatoms. The van der Waals surface area contributed by atoms with Gasteiger partial charge in [-0.05, 0) is 24.1 Å². The summed E-state index contributed by atoms with van der Waals surface area (Å²) in [5.74, 6) is 0.902. The third-order valence-corrected chi connectivity index (χ3v) is 2.81. The van der Waals surface area contributed by atoms with Crippen LogP contribution in [0.5, 0.6) is 0 Å². The van der Waals surface area contributed by atoms with Crippen molar-refractivity contribution >= 4 is 34.9 Å².